The number of likely N-dealkylation sites (tertiary alicyclic amines) is 1. The van der Waals surface area contributed by atoms with Crippen LogP contribution in [0.5, 0.6) is 0 Å². The molecule has 0 bridgehead atoms. The van der Waals surface area contributed by atoms with Crippen molar-refractivity contribution in [2.45, 2.75) is 32.2 Å². The van der Waals surface area contributed by atoms with Gasteiger partial charge in [0.25, 0.3) is 0 Å². The Hall–Kier alpha value is -1.34. The highest BCUT2D eigenvalue weighted by atomic mass is 32.1. The summed E-state index contributed by atoms with van der Waals surface area (Å²) >= 11 is 1.30. The Bertz CT molecular complexity index is 513. The highest BCUT2D eigenvalue weighted by molar-refractivity contribution is 7.11. The third kappa shape index (κ3) is 2.85. The molecule has 2 fully saturated rings. The van der Waals surface area contributed by atoms with Gasteiger partial charge in [-0.05, 0) is 50.8 Å². The SMILES string of the molecule is CCOC(=O)c1c(N)nsc1N1CCC(N2CCCC2)C1. The maximum Gasteiger partial charge on any atom is 0.345 e. The van der Waals surface area contributed by atoms with E-state index in [1.807, 2.05) is 0 Å². The molecule has 3 rings (SSSR count). The minimum Gasteiger partial charge on any atom is -0.462 e. The van der Waals surface area contributed by atoms with Crippen molar-refractivity contribution in [3.8, 4) is 0 Å². The van der Waals surface area contributed by atoms with Gasteiger partial charge in [0.05, 0.1) is 6.61 Å². The predicted octanol–water partition coefficient (Wildman–Crippen LogP) is 1.58. The van der Waals surface area contributed by atoms with Crippen LogP contribution in [0.15, 0.2) is 0 Å². The van der Waals surface area contributed by atoms with Gasteiger partial charge in [0.15, 0.2) is 5.82 Å². The van der Waals surface area contributed by atoms with Crippen LogP contribution in [0.25, 0.3) is 0 Å². The van der Waals surface area contributed by atoms with Gasteiger partial charge in [0.1, 0.15) is 10.6 Å². The number of ether oxygens (including phenoxy) is 1. The van der Waals surface area contributed by atoms with E-state index < -0.39 is 0 Å². The summed E-state index contributed by atoms with van der Waals surface area (Å²) in [6.45, 7) is 6.46. The summed E-state index contributed by atoms with van der Waals surface area (Å²) in [5.41, 5.74) is 6.31. The molecule has 7 heteroatoms. The predicted molar refractivity (Wildman–Crippen MR) is 83.9 cm³/mol. The summed E-state index contributed by atoms with van der Waals surface area (Å²) < 4.78 is 9.25. The van der Waals surface area contributed by atoms with E-state index in [1.54, 1.807) is 6.92 Å². The molecule has 1 aromatic rings. The third-order valence-corrected chi connectivity index (χ3v) is 5.21. The zero-order valence-corrected chi connectivity index (χ0v) is 13.2. The van der Waals surface area contributed by atoms with Crippen molar-refractivity contribution in [2.75, 3.05) is 43.4 Å². The van der Waals surface area contributed by atoms with Crippen LogP contribution in [0.1, 0.15) is 36.5 Å². The van der Waals surface area contributed by atoms with Crippen molar-refractivity contribution in [1.82, 2.24) is 9.27 Å². The highest BCUT2D eigenvalue weighted by Crippen LogP contribution is 2.34. The number of carbonyl (C=O) groups excluding carboxylic acids is 1. The summed E-state index contributed by atoms with van der Waals surface area (Å²) in [5, 5.41) is 0.868. The fourth-order valence-electron chi connectivity index (χ4n) is 3.24. The van der Waals surface area contributed by atoms with Gasteiger partial charge in [-0.25, -0.2) is 4.79 Å². The lowest BCUT2D eigenvalue weighted by molar-refractivity contribution is 0.0528. The summed E-state index contributed by atoms with van der Waals surface area (Å²) in [6.07, 6.45) is 3.75. The van der Waals surface area contributed by atoms with Crippen LogP contribution >= 0.6 is 11.5 Å². The number of nitrogen functional groups attached to an aromatic ring is 1. The molecule has 0 aliphatic carbocycles. The van der Waals surface area contributed by atoms with Crippen molar-refractivity contribution >= 4 is 28.3 Å². The lowest BCUT2D eigenvalue weighted by Crippen LogP contribution is -2.35. The third-order valence-electron chi connectivity index (χ3n) is 4.29. The van der Waals surface area contributed by atoms with Crippen LogP contribution in [-0.4, -0.2) is 54.1 Å². The number of rotatable bonds is 4. The van der Waals surface area contributed by atoms with Gasteiger partial charge in [-0.1, -0.05) is 0 Å². The van der Waals surface area contributed by atoms with Crippen LogP contribution < -0.4 is 10.6 Å². The van der Waals surface area contributed by atoms with Gasteiger partial charge in [-0.15, -0.1) is 0 Å². The molecule has 1 atom stereocenters. The van der Waals surface area contributed by atoms with Gasteiger partial charge < -0.3 is 15.4 Å². The van der Waals surface area contributed by atoms with E-state index in [-0.39, 0.29) is 11.8 Å². The van der Waals surface area contributed by atoms with Crippen LogP contribution in [0, 0.1) is 0 Å². The van der Waals surface area contributed by atoms with E-state index in [4.69, 9.17) is 10.5 Å². The van der Waals surface area contributed by atoms with Gasteiger partial charge in [-0.3, -0.25) is 4.90 Å². The van der Waals surface area contributed by atoms with Crippen LogP contribution in [0.3, 0.4) is 0 Å². The second-order valence-corrected chi connectivity index (χ2v) is 6.35. The van der Waals surface area contributed by atoms with Crippen molar-refractivity contribution in [1.29, 1.82) is 0 Å². The second kappa shape index (κ2) is 6.19. The number of aromatic nitrogens is 1. The van der Waals surface area contributed by atoms with Gasteiger partial charge >= 0.3 is 5.97 Å². The number of carbonyl (C=O) groups is 1. The monoisotopic (exact) mass is 310 g/mol. The summed E-state index contributed by atoms with van der Waals surface area (Å²) in [6, 6.07) is 0.589. The molecule has 21 heavy (non-hydrogen) atoms. The molecule has 0 radical (unpaired) electrons. The quantitative estimate of drug-likeness (QED) is 0.851. The first-order valence-corrected chi connectivity index (χ1v) is 8.39. The van der Waals surface area contributed by atoms with Gasteiger partial charge in [0, 0.05) is 19.1 Å². The topological polar surface area (TPSA) is 71.7 Å². The molecule has 2 aliphatic rings. The first-order chi connectivity index (χ1) is 10.2. The normalized spacial score (nSPS) is 22.9. The summed E-state index contributed by atoms with van der Waals surface area (Å²) in [7, 11) is 0. The zero-order chi connectivity index (χ0) is 14.8. The van der Waals surface area contributed by atoms with E-state index in [0.29, 0.717) is 18.2 Å². The molecule has 1 unspecified atom stereocenters. The average molecular weight is 310 g/mol. The molecule has 6 nitrogen and oxygen atoms in total. The molecule has 3 heterocycles. The molecule has 1 aromatic heterocycles. The minimum absolute atomic E-state index is 0.290. The lowest BCUT2D eigenvalue weighted by Gasteiger charge is -2.24. The lowest BCUT2D eigenvalue weighted by atomic mass is 10.2. The molecule has 116 valence electrons. The first kappa shape index (κ1) is 14.6. The van der Waals surface area contributed by atoms with Crippen molar-refractivity contribution in [3.63, 3.8) is 0 Å². The minimum atomic E-state index is -0.358. The Morgan fingerprint density at radius 2 is 2.19 bits per heavy atom. The number of nitrogens with two attached hydrogens (primary N) is 1. The molecular weight excluding hydrogens is 288 g/mol. The van der Waals surface area contributed by atoms with Crippen LogP contribution in [0.4, 0.5) is 10.8 Å². The zero-order valence-electron chi connectivity index (χ0n) is 12.4. The van der Waals surface area contributed by atoms with Gasteiger partial charge in [-0.2, -0.15) is 4.37 Å². The number of anilines is 2. The Labute approximate surface area is 129 Å². The maximum atomic E-state index is 12.1. The van der Waals surface area contributed by atoms with Crippen LogP contribution in [-0.2, 0) is 4.74 Å². The number of nitrogens with zero attached hydrogens (tertiary/aromatic N) is 3. The summed E-state index contributed by atoms with van der Waals surface area (Å²) in [4.78, 5) is 16.9. The number of hydrogen-bond donors (Lipinski definition) is 1. The van der Waals surface area contributed by atoms with Crippen LogP contribution in [0.2, 0.25) is 0 Å². The molecule has 2 N–H and O–H groups in total. The Morgan fingerprint density at radius 3 is 2.90 bits per heavy atom. The Kier molecular flexibility index (Phi) is 4.30. The molecule has 0 saturated carbocycles. The molecule has 2 saturated heterocycles. The van der Waals surface area contributed by atoms with Crippen molar-refractivity contribution in [3.05, 3.63) is 5.56 Å². The van der Waals surface area contributed by atoms with E-state index >= 15 is 0 Å². The molecule has 2 aliphatic heterocycles. The molecule has 0 aromatic carbocycles. The molecule has 0 spiro atoms. The van der Waals surface area contributed by atoms with Crippen molar-refractivity contribution in [2.24, 2.45) is 0 Å². The molecular formula is C14H22N4O2S. The van der Waals surface area contributed by atoms with E-state index in [1.165, 1.54) is 37.5 Å². The van der Waals surface area contributed by atoms with E-state index in [2.05, 4.69) is 14.2 Å². The van der Waals surface area contributed by atoms with Gasteiger partial charge in [0.2, 0.25) is 0 Å². The summed E-state index contributed by atoms with van der Waals surface area (Å²) in [5.74, 6) is -0.0681. The van der Waals surface area contributed by atoms with Crippen molar-refractivity contribution < 1.29 is 9.53 Å². The highest BCUT2D eigenvalue weighted by Gasteiger charge is 2.33. The number of hydrogen-bond acceptors (Lipinski definition) is 7. The fourth-order valence-corrected chi connectivity index (χ4v) is 4.07. The van der Waals surface area contributed by atoms with E-state index in [0.717, 1.165) is 24.5 Å². The Balaban J connectivity index is 1.74. The van der Waals surface area contributed by atoms with E-state index in [9.17, 15) is 4.79 Å². The standard InChI is InChI=1S/C14H22N4O2S/c1-2-20-14(19)11-12(15)16-21-13(11)18-8-5-10(9-18)17-6-3-4-7-17/h10H,2-9H2,1H3,(H2,15,16). The average Bonchev–Trinajstić information content (AvgIpc) is 3.18. The largest absolute Gasteiger partial charge is 0.462 e. The fraction of sp³-hybridized carbons (Fsp3) is 0.714. The number of esters is 1. The first-order valence-electron chi connectivity index (χ1n) is 7.62. The Morgan fingerprint density at radius 1 is 1.43 bits per heavy atom. The second-order valence-electron chi connectivity index (χ2n) is 5.60. The maximum absolute atomic E-state index is 12.1. The molecule has 0 amide bonds. The smallest absolute Gasteiger partial charge is 0.345 e.